The Kier molecular flexibility index (Phi) is 3.54. The molecule has 1 aliphatic carbocycles. The Balaban J connectivity index is 2.39. The van der Waals surface area contributed by atoms with Crippen molar-refractivity contribution in [3.63, 3.8) is 0 Å². The molecule has 0 spiro atoms. The first-order valence-corrected chi connectivity index (χ1v) is 4.76. The van der Waals surface area contributed by atoms with Gasteiger partial charge in [-0.1, -0.05) is 23.8 Å². The van der Waals surface area contributed by atoms with Crippen LogP contribution in [0.5, 0.6) is 0 Å². The lowest BCUT2D eigenvalue weighted by molar-refractivity contribution is 0.516. The monoisotopic (exact) mass is 165 g/mol. The average molecular weight is 165 g/mol. The van der Waals surface area contributed by atoms with Crippen LogP contribution < -0.4 is 5.73 Å². The smallest absolute Gasteiger partial charge is 0.00761 e. The van der Waals surface area contributed by atoms with Gasteiger partial charge < -0.3 is 5.73 Å². The molecule has 1 unspecified atom stereocenters. The lowest BCUT2D eigenvalue weighted by Crippen LogP contribution is -2.23. The fourth-order valence-electron chi connectivity index (χ4n) is 1.64. The zero-order valence-electron chi connectivity index (χ0n) is 7.97. The largest absolute Gasteiger partial charge is 0.327 e. The van der Waals surface area contributed by atoms with E-state index in [2.05, 4.69) is 19.6 Å². The Morgan fingerprint density at radius 2 is 2.50 bits per heavy atom. The molecular formula is C11H19N. The summed E-state index contributed by atoms with van der Waals surface area (Å²) in [6.45, 7) is 5.95. The SMILES string of the molecule is C=C(C)C/C=C1/CCCC(N)C1. The van der Waals surface area contributed by atoms with E-state index in [9.17, 15) is 0 Å². The molecule has 1 aliphatic rings. The zero-order valence-corrected chi connectivity index (χ0v) is 7.97. The maximum Gasteiger partial charge on any atom is 0.00761 e. The van der Waals surface area contributed by atoms with Crippen LogP contribution in [0.15, 0.2) is 23.8 Å². The van der Waals surface area contributed by atoms with Crippen LogP contribution in [0, 0.1) is 0 Å². The quantitative estimate of drug-likeness (QED) is 0.626. The molecule has 0 radical (unpaired) electrons. The van der Waals surface area contributed by atoms with Crippen LogP contribution in [-0.4, -0.2) is 6.04 Å². The van der Waals surface area contributed by atoms with E-state index in [0.717, 1.165) is 12.8 Å². The van der Waals surface area contributed by atoms with Crippen LogP contribution in [-0.2, 0) is 0 Å². The molecule has 1 nitrogen and oxygen atoms in total. The van der Waals surface area contributed by atoms with Crippen molar-refractivity contribution in [3.05, 3.63) is 23.8 Å². The molecule has 68 valence electrons. The standard InChI is InChI=1S/C11H19N/c1-9(2)6-7-10-4-3-5-11(12)8-10/h7,11H,1,3-6,8,12H2,2H3/b10-7-. The predicted molar refractivity (Wildman–Crippen MR) is 54.0 cm³/mol. The molecule has 1 fully saturated rings. The topological polar surface area (TPSA) is 26.0 Å². The van der Waals surface area contributed by atoms with Gasteiger partial charge in [-0.15, -0.1) is 0 Å². The molecule has 2 N–H and O–H groups in total. The van der Waals surface area contributed by atoms with Crippen LogP contribution in [0.1, 0.15) is 39.0 Å². The average Bonchev–Trinajstić information content (AvgIpc) is 2.01. The van der Waals surface area contributed by atoms with Gasteiger partial charge in [-0.25, -0.2) is 0 Å². The molecular weight excluding hydrogens is 146 g/mol. The normalized spacial score (nSPS) is 27.5. The molecule has 1 heteroatoms. The molecule has 0 aliphatic heterocycles. The van der Waals surface area contributed by atoms with Gasteiger partial charge in [-0.2, -0.15) is 0 Å². The van der Waals surface area contributed by atoms with Crippen molar-refractivity contribution >= 4 is 0 Å². The summed E-state index contributed by atoms with van der Waals surface area (Å²) >= 11 is 0. The van der Waals surface area contributed by atoms with E-state index in [1.54, 1.807) is 0 Å². The van der Waals surface area contributed by atoms with Gasteiger partial charge in [0, 0.05) is 6.04 Å². The van der Waals surface area contributed by atoms with E-state index in [0.29, 0.717) is 6.04 Å². The molecule has 0 amide bonds. The first-order valence-electron chi connectivity index (χ1n) is 4.76. The van der Waals surface area contributed by atoms with Gasteiger partial charge in [-0.05, 0) is 39.0 Å². The number of hydrogen-bond acceptors (Lipinski definition) is 1. The summed E-state index contributed by atoms with van der Waals surface area (Å²) in [5.41, 5.74) is 8.64. The Bertz CT molecular complexity index is 191. The number of hydrogen-bond donors (Lipinski definition) is 1. The molecule has 0 aromatic carbocycles. The maximum atomic E-state index is 5.87. The summed E-state index contributed by atoms with van der Waals surface area (Å²) in [6, 6.07) is 0.412. The molecule has 12 heavy (non-hydrogen) atoms. The van der Waals surface area contributed by atoms with Crippen molar-refractivity contribution in [2.75, 3.05) is 0 Å². The van der Waals surface area contributed by atoms with Crippen molar-refractivity contribution in [2.45, 2.75) is 45.1 Å². The molecule has 0 saturated heterocycles. The third kappa shape index (κ3) is 3.22. The van der Waals surface area contributed by atoms with Crippen molar-refractivity contribution in [3.8, 4) is 0 Å². The minimum Gasteiger partial charge on any atom is -0.327 e. The van der Waals surface area contributed by atoms with Gasteiger partial charge in [0.25, 0.3) is 0 Å². The first kappa shape index (κ1) is 9.53. The highest BCUT2D eigenvalue weighted by molar-refractivity contribution is 5.11. The van der Waals surface area contributed by atoms with Gasteiger partial charge >= 0.3 is 0 Å². The van der Waals surface area contributed by atoms with E-state index in [1.807, 2.05) is 0 Å². The summed E-state index contributed by atoms with van der Waals surface area (Å²) in [4.78, 5) is 0. The summed E-state index contributed by atoms with van der Waals surface area (Å²) in [6.07, 6.45) is 8.16. The second kappa shape index (κ2) is 4.46. The molecule has 1 saturated carbocycles. The Hall–Kier alpha value is -0.560. The second-order valence-electron chi connectivity index (χ2n) is 3.88. The fraction of sp³-hybridized carbons (Fsp3) is 0.636. The molecule has 1 rings (SSSR count). The van der Waals surface area contributed by atoms with E-state index < -0.39 is 0 Å². The number of rotatable bonds is 2. The van der Waals surface area contributed by atoms with Crippen LogP contribution in [0.4, 0.5) is 0 Å². The predicted octanol–water partition coefficient (Wildman–Crippen LogP) is 2.78. The first-order chi connectivity index (χ1) is 5.68. The van der Waals surface area contributed by atoms with E-state index in [-0.39, 0.29) is 0 Å². The van der Waals surface area contributed by atoms with Gasteiger partial charge in [0.2, 0.25) is 0 Å². The van der Waals surface area contributed by atoms with E-state index in [1.165, 1.54) is 30.4 Å². The second-order valence-corrected chi connectivity index (χ2v) is 3.88. The molecule has 1 atom stereocenters. The molecule has 0 aromatic heterocycles. The highest BCUT2D eigenvalue weighted by Gasteiger charge is 2.11. The minimum atomic E-state index is 0.412. The maximum absolute atomic E-state index is 5.87. The summed E-state index contributed by atoms with van der Waals surface area (Å²) in [5, 5.41) is 0. The van der Waals surface area contributed by atoms with Gasteiger partial charge in [0.1, 0.15) is 0 Å². The highest BCUT2D eigenvalue weighted by Crippen LogP contribution is 2.22. The summed E-state index contributed by atoms with van der Waals surface area (Å²) < 4.78 is 0. The summed E-state index contributed by atoms with van der Waals surface area (Å²) in [5.74, 6) is 0. The third-order valence-corrected chi connectivity index (χ3v) is 2.34. The molecule has 0 heterocycles. The molecule has 0 bridgehead atoms. The fourth-order valence-corrected chi connectivity index (χ4v) is 1.64. The highest BCUT2D eigenvalue weighted by atomic mass is 14.6. The van der Waals surface area contributed by atoms with Crippen molar-refractivity contribution in [2.24, 2.45) is 5.73 Å². The number of nitrogens with two attached hydrogens (primary N) is 1. The van der Waals surface area contributed by atoms with Crippen molar-refractivity contribution in [1.82, 2.24) is 0 Å². The minimum absolute atomic E-state index is 0.412. The van der Waals surface area contributed by atoms with Crippen LogP contribution in [0.2, 0.25) is 0 Å². The Morgan fingerprint density at radius 3 is 3.08 bits per heavy atom. The van der Waals surface area contributed by atoms with Gasteiger partial charge in [0.05, 0.1) is 0 Å². The lowest BCUT2D eigenvalue weighted by atomic mass is 9.90. The Morgan fingerprint density at radius 1 is 1.75 bits per heavy atom. The van der Waals surface area contributed by atoms with Crippen LogP contribution >= 0.6 is 0 Å². The van der Waals surface area contributed by atoms with Gasteiger partial charge in [-0.3, -0.25) is 0 Å². The van der Waals surface area contributed by atoms with Crippen molar-refractivity contribution < 1.29 is 0 Å². The van der Waals surface area contributed by atoms with Crippen molar-refractivity contribution in [1.29, 1.82) is 0 Å². The summed E-state index contributed by atoms with van der Waals surface area (Å²) in [7, 11) is 0. The number of allylic oxidation sites excluding steroid dienone is 2. The van der Waals surface area contributed by atoms with Crippen LogP contribution in [0.25, 0.3) is 0 Å². The van der Waals surface area contributed by atoms with E-state index >= 15 is 0 Å². The molecule has 0 aromatic rings. The Labute approximate surface area is 75.3 Å². The zero-order chi connectivity index (χ0) is 8.97. The lowest BCUT2D eigenvalue weighted by Gasteiger charge is -2.20. The van der Waals surface area contributed by atoms with E-state index in [4.69, 9.17) is 5.73 Å². The third-order valence-electron chi connectivity index (χ3n) is 2.34. The van der Waals surface area contributed by atoms with Gasteiger partial charge in [0.15, 0.2) is 0 Å². The van der Waals surface area contributed by atoms with Crippen LogP contribution in [0.3, 0.4) is 0 Å².